The van der Waals surface area contributed by atoms with E-state index in [1.807, 2.05) is 0 Å². The maximum Gasteiger partial charge on any atom is 0.0307 e. The third kappa shape index (κ3) is 3.55. The van der Waals surface area contributed by atoms with E-state index in [0.29, 0.717) is 0 Å². The predicted octanol–water partition coefficient (Wildman–Crippen LogP) is 1.60. The van der Waals surface area contributed by atoms with E-state index in [1.165, 1.54) is 16.7 Å². The number of benzene rings is 1. The van der Waals surface area contributed by atoms with Gasteiger partial charge in [-0.3, -0.25) is 0 Å². The second-order valence-corrected chi connectivity index (χ2v) is 5.33. The first-order chi connectivity index (χ1) is 8.66. The second kappa shape index (κ2) is 6.32. The van der Waals surface area contributed by atoms with E-state index in [4.69, 9.17) is 5.73 Å². The van der Waals surface area contributed by atoms with Crippen molar-refractivity contribution in [1.29, 1.82) is 0 Å². The molecule has 1 saturated heterocycles. The van der Waals surface area contributed by atoms with Crippen LogP contribution in [0.15, 0.2) is 18.2 Å². The first-order valence-corrected chi connectivity index (χ1v) is 6.92. The van der Waals surface area contributed by atoms with Crippen molar-refractivity contribution in [3.63, 3.8) is 0 Å². The molecule has 3 N–H and O–H groups in total. The van der Waals surface area contributed by atoms with E-state index in [-0.39, 0.29) is 6.04 Å². The molecule has 3 heteroatoms. The minimum atomic E-state index is 0.166. The Labute approximate surface area is 110 Å². The van der Waals surface area contributed by atoms with Gasteiger partial charge in [-0.05, 0) is 37.0 Å². The zero-order chi connectivity index (χ0) is 13.0. The highest BCUT2D eigenvalue weighted by molar-refractivity contribution is 5.31. The van der Waals surface area contributed by atoms with Crippen molar-refractivity contribution >= 4 is 0 Å². The van der Waals surface area contributed by atoms with E-state index in [9.17, 15) is 0 Å². The van der Waals surface area contributed by atoms with E-state index in [2.05, 4.69) is 42.3 Å². The first-order valence-electron chi connectivity index (χ1n) is 6.92. The normalized spacial score (nSPS) is 18.8. The standard InChI is InChI=1S/C15H25N3/c1-12-3-4-14(11-13(12)2)15(16)5-8-18-9-6-17-7-10-18/h3-4,11,15,17H,5-10,16H2,1-2H3. The molecule has 1 unspecified atom stereocenters. The molecule has 0 amide bonds. The zero-order valence-corrected chi connectivity index (χ0v) is 11.6. The Kier molecular flexibility index (Phi) is 4.75. The highest BCUT2D eigenvalue weighted by Gasteiger charge is 2.12. The maximum absolute atomic E-state index is 6.29. The van der Waals surface area contributed by atoms with E-state index < -0.39 is 0 Å². The molecule has 100 valence electrons. The molecule has 1 aromatic carbocycles. The quantitative estimate of drug-likeness (QED) is 0.849. The predicted molar refractivity (Wildman–Crippen MR) is 76.8 cm³/mol. The summed E-state index contributed by atoms with van der Waals surface area (Å²) in [5, 5.41) is 3.37. The number of hydrogen-bond donors (Lipinski definition) is 2. The molecular weight excluding hydrogens is 222 g/mol. The Bertz CT molecular complexity index is 383. The molecule has 1 heterocycles. The van der Waals surface area contributed by atoms with Crippen LogP contribution >= 0.6 is 0 Å². The van der Waals surface area contributed by atoms with Crippen LogP contribution in [-0.2, 0) is 0 Å². The van der Waals surface area contributed by atoms with Gasteiger partial charge in [0.05, 0.1) is 0 Å². The minimum absolute atomic E-state index is 0.166. The van der Waals surface area contributed by atoms with Crippen molar-refractivity contribution in [1.82, 2.24) is 10.2 Å². The van der Waals surface area contributed by atoms with E-state index >= 15 is 0 Å². The monoisotopic (exact) mass is 247 g/mol. The molecule has 0 spiro atoms. The minimum Gasteiger partial charge on any atom is -0.324 e. The van der Waals surface area contributed by atoms with Crippen LogP contribution in [0.5, 0.6) is 0 Å². The highest BCUT2D eigenvalue weighted by Crippen LogP contribution is 2.18. The van der Waals surface area contributed by atoms with Gasteiger partial charge >= 0.3 is 0 Å². The van der Waals surface area contributed by atoms with Crippen molar-refractivity contribution in [2.24, 2.45) is 5.73 Å². The van der Waals surface area contributed by atoms with Crippen LogP contribution in [0.3, 0.4) is 0 Å². The van der Waals surface area contributed by atoms with Gasteiger partial charge in [0.25, 0.3) is 0 Å². The van der Waals surface area contributed by atoms with Crippen LogP contribution < -0.4 is 11.1 Å². The molecule has 0 aromatic heterocycles. The SMILES string of the molecule is Cc1ccc(C(N)CCN2CCNCC2)cc1C. The number of nitrogens with two attached hydrogens (primary N) is 1. The number of nitrogens with zero attached hydrogens (tertiary/aromatic N) is 1. The van der Waals surface area contributed by atoms with Gasteiger partial charge in [-0.15, -0.1) is 0 Å². The molecule has 3 nitrogen and oxygen atoms in total. The van der Waals surface area contributed by atoms with E-state index in [1.54, 1.807) is 0 Å². The average molecular weight is 247 g/mol. The summed E-state index contributed by atoms with van der Waals surface area (Å²) in [5.41, 5.74) is 10.2. The lowest BCUT2D eigenvalue weighted by atomic mass is 9.99. The number of aryl methyl sites for hydroxylation is 2. The Hall–Kier alpha value is -0.900. The summed E-state index contributed by atoms with van der Waals surface area (Å²) in [6.45, 7) is 9.93. The Morgan fingerprint density at radius 3 is 2.61 bits per heavy atom. The first kappa shape index (κ1) is 13.5. The van der Waals surface area contributed by atoms with Crippen LogP contribution in [-0.4, -0.2) is 37.6 Å². The van der Waals surface area contributed by atoms with Crippen molar-refractivity contribution in [3.05, 3.63) is 34.9 Å². The Morgan fingerprint density at radius 2 is 1.94 bits per heavy atom. The summed E-state index contributed by atoms with van der Waals surface area (Å²) in [6.07, 6.45) is 1.04. The number of nitrogens with one attached hydrogen (secondary N) is 1. The summed E-state index contributed by atoms with van der Waals surface area (Å²) in [4.78, 5) is 2.50. The third-order valence-corrected chi connectivity index (χ3v) is 3.93. The zero-order valence-electron chi connectivity index (χ0n) is 11.6. The summed E-state index contributed by atoms with van der Waals surface area (Å²) in [6, 6.07) is 6.75. The van der Waals surface area contributed by atoms with Gasteiger partial charge in [0.15, 0.2) is 0 Å². The third-order valence-electron chi connectivity index (χ3n) is 3.93. The fourth-order valence-corrected chi connectivity index (χ4v) is 2.42. The highest BCUT2D eigenvalue weighted by atomic mass is 15.2. The number of rotatable bonds is 4. The molecule has 0 aliphatic carbocycles. The van der Waals surface area contributed by atoms with Gasteiger partial charge in [-0.1, -0.05) is 18.2 Å². The topological polar surface area (TPSA) is 41.3 Å². The molecule has 0 radical (unpaired) electrons. The van der Waals surface area contributed by atoms with Crippen molar-refractivity contribution in [2.45, 2.75) is 26.3 Å². The molecule has 18 heavy (non-hydrogen) atoms. The van der Waals surface area contributed by atoms with Crippen LogP contribution in [0.4, 0.5) is 0 Å². The van der Waals surface area contributed by atoms with Gasteiger partial charge < -0.3 is 16.0 Å². The van der Waals surface area contributed by atoms with Crippen molar-refractivity contribution < 1.29 is 0 Å². The summed E-state index contributed by atoms with van der Waals surface area (Å²) < 4.78 is 0. The number of hydrogen-bond acceptors (Lipinski definition) is 3. The van der Waals surface area contributed by atoms with Gasteiger partial charge in [0.1, 0.15) is 0 Å². The van der Waals surface area contributed by atoms with Gasteiger partial charge in [-0.25, -0.2) is 0 Å². The molecule has 0 saturated carbocycles. The van der Waals surface area contributed by atoms with Crippen LogP contribution in [0.2, 0.25) is 0 Å². The largest absolute Gasteiger partial charge is 0.324 e. The number of piperazine rings is 1. The molecule has 1 aliphatic rings. The Morgan fingerprint density at radius 1 is 1.22 bits per heavy atom. The van der Waals surface area contributed by atoms with Crippen LogP contribution in [0.1, 0.15) is 29.2 Å². The second-order valence-electron chi connectivity index (χ2n) is 5.33. The summed E-state index contributed by atoms with van der Waals surface area (Å²) >= 11 is 0. The summed E-state index contributed by atoms with van der Waals surface area (Å²) in [7, 11) is 0. The lowest BCUT2D eigenvalue weighted by Crippen LogP contribution is -2.44. The maximum atomic E-state index is 6.29. The molecule has 1 fully saturated rings. The fraction of sp³-hybridized carbons (Fsp3) is 0.600. The lowest BCUT2D eigenvalue weighted by Gasteiger charge is -2.28. The van der Waals surface area contributed by atoms with Gasteiger partial charge in [0, 0.05) is 38.8 Å². The molecule has 1 aromatic rings. The molecule has 0 bridgehead atoms. The molecule has 2 rings (SSSR count). The van der Waals surface area contributed by atoms with Crippen molar-refractivity contribution in [2.75, 3.05) is 32.7 Å². The van der Waals surface area contributed by atoms with Crippen molar-refractivity contribution in [3.8, 4) is 0 Å². The Balaban J connectivity index is 1.86. The molecule has 1 aliphatic heterocycles. The average Bonchev–Trinajstić information content (AvgIpc) is 2.40. The smallest absolute Gasteiger partial charge is 0.0307 e. The van der Waals surface area contributed by atoms with Crippen LogP contribution in [0, 0.1) is 13.8 Å². The van der Waals surface area contributed by atoms with Gasteiger partial charge in [-0.2, -0.15) is 0 Å². The molecule has 1 atom stereocenters. The van der Waals surface area contributed by atoms with E-state index in [0.717, 1.165) is 39.1 Å². The summed E-state index contributed by atoms with van der Waals surface area (Å²) in [5.74, 6) is 0. The lowest BCUT2D eigenvalue weighted by molar-refractivity contribution is 0.233. The van der Waals surface area contributed by atoms with Crippen LogP contribution in [0.25, 0.3) is 0 Å². The van der Waals surface area contributed by atoms with Gasteiger partial charge in [0.2, 0.25) is 0 Å². The fourth-order valence-electron chi connectivity index (χ4n) is 2.42. The molecular formula is C15H25N3.